The van der Waals surface area contributed by atoms with Crippen molar-refractivity contribution in [2.75, 3.05) is 26.8 Å². The van der Waals surface area contributed by atoms with Crippen molar-refractivity contribution < 1.29 is 19.1 Å². The fourth-order valence-electron chi connectivity index (χ4n) is 3.44. The van der Waals surface area contributed by atoms with Crippen LogP contribution in [0.1, 0.15) is 18.0 Å². The molecule has 122 valence electrons. The molecule has 0 aromatic carbocycles. The summed E-state index contributed by atoms with van der Waals surface area (Å²) in [5.74, 6) is -0.191. The third-order valence-corrected chi connectivity index (χ3v) is 4.80. The predicted octanol–water partition coefficient (Wildman–Crippen LogP) is -0.0204. The minimum absolute atomic E-state index is 0.0611. The van der Waals surface area contributed by atoms with Crippen LogP contribution in [-0.2, 0) is 19.1 Å². The Kier molecular flexibility index (Phi) is 3.54. The fourth-order valence-corrected chi connectivity index (χ4v) is 3.44. The highest BCUT2D eigenvalue weighted by Crippen LogP contribution is 2.37. The van der Waals surface area contributed by atoms with E-state index in [9.17, 15) is 9.59 Å². The maximum atomic E-state index is 13.0. The van der Waals surface area contributed by atoms with Gasteiger partial charge < -0.3 is 19.3 Å². The topological polar surface area (TPSA) is 72.0 Å². The van der Waals surface area contributed by atoms with E-state index in [1.54, 1.807) is 30.4 Å². The number of morpholine rings is 2. The van der Waals surface area contributed by atoms with Gasteiger partial charge >= 0.3 is 0 Å². The first-order valence-corrected chi connectivity index (χ1v) is 7.86. The van der Waals surface area contributed by atoms with Crippen LogP contribution in [0.5, 0.6) is 0 Å². The summed E-state index contributed by atoms with van der Waals surface area (Å²) in [4.78, 5) is 32.6. The minimum Gasteiger partial charge on any atom is -0.374 e. The number of carbonyl (C=O) groups excluding carboxylic acids is 2. The van der Waals surface area contributed by atoms with Crippen molar-refractivity contribution in [2.24, 2.45) is 0 Å². The van der Waals surface area contributed by atoms with E-state index in [1.807, 2.05) is 11.0 Å². The van der Waals surface area contributed by atoms with Crippen molar-refractivity contribution >= 4 is 11.8 Å². The Morgan fingerprint density at radius 1 is 1.39 bits per heavy atom. The summed E-state index contributed by atoms with van der Waals surface area (Å²) in [6.07, 6.45) is 3.73. The van der Waals surface area contributed by atoms with Gasteiger partial charge in [-0.3, -0.25) is 14.6 Å². The van der Waals surface area contributed by atoms with Crippen LogP contribution >= 0.6 is 0 Å². The maximum absolute atomic E-state index is 13.0. The number of hydrogen-bond donors (Lipinski definition) is 0. The molecule has 2 unspecified atom stereocenters. The SMILES string of the molecule is CN1C(=O)CO[C@H](C(=O)N2CCOC3CC32)[C@H]1c1cccnc1. The average molecular weight is 317 g/mol. The Balaban J connectivity index is 1.62. The standard InChI is InChI=1S/C16H19N3O4/c1-18-13(20)9-23-15(14(18)10-3-2-4-17-8-10)16(21)19-5-6-22-12-7-11(12)19/h2-4,8,11-12,14-15H,5-7,9H2,1H3/t11?,12?,14-,15+/m1/s1. The Hall–Kier alpha value is -1.99. The number of hydrogen-bond acceptors (Lipinski definition) is 5. The number of carbonyl (C=O) groups is 2. The molecule has 3 heterocycles. The molecule has 0 bridgehead atoms. The summed E-state index contributed by atoms with van der Waals surface area (Å²) in [7, 11) is 1.71. The number of fused-ring (bicyclic) bond motifs is 1. The first-order chi connectivity index (χ1) is 11.2. The van der Waals surface area contributed by atoms with Gasteiger partial charge in [-0.25, -0.2) is 0 Å². The molecule has 2 aliphatic heterocycles. The second-order valence-electron chi connectivity index (χ2n) is 6.21. The molecular weight excluding hydrogens is 298 g/mol. The lowest BCUT2D eigenvalue weighted by Gasteiger charge is -2.40. The van der Waals surface area contributed by atoms with Crippen molar-refractivity contribution in [3.63, 3.8) is 0 Å². The lowest BCUT2D eigenvalue weighted by molar-refractivity contribution is -0.169. The molecule has 3 fully saturated rings. The van der Waals surface area contributed by atoms with Gasteiger partial charge in [0.1, 0.15) is 6.61 Å². The van der Waals surface area contributed by atoms with E-state index >= 15 is 0 Å². The van der Waals surface area contributed by atoms with Crippen molar-refractivity contribution in [3.05, 3.63) is 30.1 Å². The highest BCUT2D eigenvalue weighted by Gasteiger charge is 2.51. The van der Waals surface area contributed by atoms with E-state index in [1.165, 1.54) is 0 Å². The average Bonchev–Trinajstić information content (AvgIpc) is 3.37. The Bertz CT molecular complexity index is 623. The van der Waals surface area contributed by atoms with E-state index in [0.717, 1.165) is 12.0 Å². The fraction of sp³-hybridized carbons (Fsp3) is 0.562. The first kappa shape index (κ1) is 14.6. The number of likely N-dealkylation sites (N-methyl/N-ethyl adjacent to an activating group) is 1. The summed E-state index contributed by atoms with van der Waals surface area (Å²) < 4.78 is 11.2. The molecule has 2 saturated heterocycles. The van der Waals surface area contributed by atoms with Crippen molar-refractivity contribution in [3.8, 4) is 0 Å². The maximum Gasteiger partial charge on any atom is 0.254 e. The van der Waals surface area contributed by atoms with Gasteiger partial charge in [0.25, 0.3) is 5.91 Å². The molecule has 0 radical (unpaired) electrons. The first-order valence-electron chi connectivity index (χ1n) is 7.86. The minimum atomic E-state index is -0.693. The van der Waals surface area contributed by atoms with Crippen LogP contribution in [-0.4, -0.2) is 71.7 Å². The van der Waals surface area contributed by atoms with Crippen molar-refractivity contribution in [1.29, 1.82) is 0 Å². The van der Waals surface area contributed by atoms with Crippen LogP contribution in [0.3, 0.4) is 0 Å². The molecule has 1 aromatic heterocycles. The molecule has 7 heteroatoms. The molecule has 1 aliphatic carbocycles. The zero-order valence-electron chi connectivity index (χ0n) is 12.9. The summed E-state index contributed by atoms with van der Waals surface area (Å²) >= 11 is 0. The van der Waals surface area contributed by atoms with E-state index in [-0.39, 0.29) is 30.6 Å². The number of aromatic nitrogens is 1. The van der Waals surface area contributed by atoms with Crippen LogP contribution in [0, 0.1) is 0 Å². The molecule has 0 N–H and O–H groups in total. The molecular formula is C16H19N3O4. The van der Waals surface area contributed by atoms with Gasteiger partial charge in [0, 0.05) is 26.0 Å². The van der Waals surface area contributed by atoms with Gasteiger partial charge in [0.15, 0.2) is 6.10 Å². The van der Waals surface area contributed by atoms with Gasteiger partial charge in [-0.15, -0.1) is 0 Å². The zero-order valence-corrected chi connectivity index (χ0v) is 12.9. The number of rotatable bonds is 2. The second kappa shape index (κ2) is 5.58. The van der Waals surface area contributed by atoms with E-state index in [2.05, 4.69) is 4.98 Å². The summed E-state index contributed by atoms with van der Waals surface area (Å²) in [5, 5.41) is 0. The van der Waals surface area contributed by atoms with Crippen molar-refractivity contribution in [1.82, 2.24) is 14.8 Å². The van der Waals surface area contributed by atoms with Crippen LogP contribution in [0.25, 0.3) is 0 Å². The smallest absolute Gasteiger partial charge is 0.254 e. The highest BCUT2D eigenvalue weighted by atomic mass is 16.5. The van der Waals surface area contributed by atoms with Crippen LogP contribution in [0.2, 0.25) is 0 Å². The molecule has 4 rings (SSSR count). The van der Waals surface area contributed by atoms with E-state index in [0.29, 0.717) is 13.2 Å². The Labute approximate surface area is 134 Å². The number of nitrogens with zero attached hydrogens (tertiary/aromatic N) is 3. The van der Waals surface area contributed by atoms with Gasteiger partial charge in [0.05, 0.1) is 24.8 Å². The molecule has 4 atom stereocenters. The van der Waals surface area contributed by atoms with Crippen LogP contribution < -0.4 is 0 Å². The third kappa shape index (κ3) is 2.49. The lowest BCUT2D eigenvalue weighted by Crippen LogP contribution is -2.55. The molecule has 7 nitrogen and oxygen atoms in total. The van der Waals surface area contributed by atoms with Gasteiger partial charge in [-0.1, -0.05) is 6.07 Å². The predicted molar refractivity (Wildman–Crippen MR) is 79.3 cm³/mol. The normalized spacial score (nSPS) is 33.3. The quantitative estimate of drug-likeness (QED) is 0.766. The van der Waals surface area contributed by atoms with E-state index in [4.69, 9.17) is 9.47 Å². The summed E-state index contributed by atoms with van der Waals surface area (Å²) in [5.41, 5.74) is 0.807. The summed E-state index contributed by atoms with van der Waals surface area (Å²) in [6.45, 7) is 1.07. The van der Waals surface area contributed by atoms with Crippen molar-refractivity contribution in [2.45, 2.75) is 30.7 Å². The molecule has 1 saturated carbocycles. The zero-order chi connectivity index (χ0) is 16.0. The molecule has 1 aromatic rings. The van der Waals surface area contributed by atoms with E-state index < -0.39 is 12.1 Å². The molecule has 2 amide bonds. The number of pyridine rings is 1. The largest absolute Gasteiger partial charge is 0.374 e. The van der Waals surface area contributed by atoms with Gasteiger partial charge in [-0.05, 0) is 18.1 Å². The van der Waals surface area contributed by atoms with Crippen LogP contribution in [0.4, 0.5) is 0 Å². The Morgan fingerprint density at radius 2 is 2.26 bits per heavy atom. The second-order valence-corrected chi connectivity index (χ2v) is 6.21. The molecule has 0 spiro atoms. The lowest BCUT2D eigenvalue weighted by atomic mass is 9.98. The third-order valence-electron chi connectivity index (χ3n) is 4.80. The number of amides is 2. The monoisotopic (exact) mass is 317 g/mol. The summed E-state index contributed by atoms with van der Waals surface area (Å²) in [6, 6.07) is 3.39. The van der Waals surface area contributed by atoms with Gasteiger partial charge in [0.2, 0.25) is 5.91 Å². The van der Waals surface area contributed by atoms with Gasteiger partial charge in [-0.2, -0.15) is 0 Å². The highest BCUT2D eigenvalue weighted by molar-refractivity contribution is 5.87. The number of ether oxygens (including phenoxy) is 2. The Morgan fingerprint density at radius 3 is 3.04 bits per heavy atom. The van der Waals surface area contributed by atoms with Crippen LogP contribution in [0.15, 0.2) is 24.5 Å². The molecule has 23 heavy (non-hydrogen) atoms. The molecule has 3 aliphatic rings.